The van der Waals surface area contributed by atoms with E-state index in [1.807, 2.05) is 0 Å². The molecule has 0 spiro atoms. The summed E-state index contributed by atoms with van der Waals surface area (Å²) >= 11 is 5.88. The maximum absolute atomic E-state index is 12.9. The van der Waals surface area contributed by atoms with Crippen LogP contribution in [0.1, 0.15) is 0 Å². The lowest BCUT2D eigenvalue weighted by atomic mass is 10.3. The molecule has 0 radical (unpaired) electrons. The molecule has 20 heavy (non-hydrogen) atoms. The summed E-state index contributed by atoms with van der Waals surface area (Å²) in [4.78, 5) is 2.23. The first-order valence-corrected chi connectivity index (χ1v) is 6.68. The molecule has 1 aromatic rings. The maximum atomic E-state index is 12.9. The second-order valence-electron chi connectivity index (χ2n) is 4.45. The summed E-state index contributed by atoms with van der Waals surface area (Å²) in [6, 6.07) is 4.12. The summed E-state index contributed by atoms with van der Waals surface area (Å²) in [5, 5.41) is 0.293. The van der Waals surface area contributed by atoms with E-state index in [9.17, 15) is 4.39 Å². The summed E-state index contributed by atoms with van der Waals surface area (Å²) in [7, 11) is 0. The lowest BCUT2D eigenvalue weighted by Gasteiger charge is -2.32. The highest BCUT2D eigenvalue weighted by Gasteiger charge is 2.18. The van der Waals surface area contributed by atoms with Gasteiger partial charge in [0.1, 0.15) is 18.2 Å². The summed E-state index contributed by atoms with van der Waals surface area (Å²) in [5.41, 5.74) is 5.58. The summed E-state index contributed by atoms with van der Waals surface area (Å²) in [6.07, 6.45) is 0.100. The predicted octanol–water partition coefficient (Wildman–Crippen LogP) is 1.94. The first kappa shape index (κ1) is 17.5. The first-order chi connectivity index (χ1) is 9.19. The highest BCUT2D eigenvalue weighted by Crippen LogP contribution is 2.24. The molecule has 1 unspecified atom stereocenters. The number of hydrogen-bond acceptors (Lipinski definition) is 4. The van der Waals surface area contributed by atoms with Gasteiger partial charge in [-0.2, -0.15) is 0 Å². The third-order valence-electron chi connectivity index (χ3n) is 3.04. The fourth-order valence-electron chi connectivity index (χ4n) is 2.00. The summed E-state index contributed by atoms with van der Waals surface area (Å²) in [6.45, 7) is 4.19. The first-order valence-electron chi connectivity index (χ1n) is 6.31. The molecule has 1 atom stereocenters. The molecule has 2 rings (SSSR count). The van der Waals surface area contributed by atoms with Gasteiger partial charge >= 0.3 is 0 Å². The lowest BCUT2D eigenvalue weighted by Crippen LogP contribution is -2.46. The van der Waals surface area contributed by atoms with Crippen LogP contribution in [0.3, 0.4) is 0 Å². The molecule has 1 heterocycles. The van der Waals surface area contributed by atoms with Gasteiger partial charge in [-0.05, 0) is 18.2 Å². The Labute approximate surface area is 129 Å². The SMILES string of the molecule is Cl.NCC1CN(CCOc2ccc(F)cc2Cl)CCO1. The minimum Gasteiger partial charge on any atom is -0.491 e. The number of morpholine rings is 1. The standard InChI is InChI=1S/C13H18ClFN2O2.ClH/c14-12-7-10(15)1-2-13(12)19-6-4-17-3-5-18-11(8-16)9-17;/h1-2,7,11H,3-6,8-9,16H2;1H. The van der Waals surface area contributed by atoms with Gasteiger partial charge in [0.05, 0.1) is 17.7 Å². The van der Waals surface area contributed by atoms with Crippen molar-refractivity contribution in [2.45, 2.75) is 6.10 Å². The number of ether oxygens (including phenoxy) is 2. The van der Waals surface area contributed by atoms with Crippen molar-refractivity contribution in [1.82, 2.24) is 4.90 Å². The maximum Gasteiger partial charge on any atom is 0.138 e. The molecule has 1 aliphatic heterocycles. The van der Waals surface area contributed by atoms with Gasteiger partial charge in [0.25, 0.3) is 0 Å². The zero-order valence-electron chi connectivity index (χ0n) is 11.1. The molecule has 1 fully saturated rings. The van der Waals surface area contributed by atoms with Crippen LogP contribution >= 0.6 is 24.0 Å². The van der Waals surface area contributed by atoms with Gasteiger partial charge in [-0.15, -0.1) is 12.4 Å². The van der Waals surface area contributed by atoms with Crippen molar-refractivity contribution in [2.24, 2.45) is 5.73 Å². The van der Waals surface area contributed by atoms with E-state index in [1.54, 1.807) is 6.07 Å². The van der Waals surface area contributed by atoms with E-state index >= 15 is 0 Å². The monoisotopic (exact) mass is 324 g/mol. The molecular weight excluding hydrogens is 306 g/mol. The van der Waals surface area contributed by atoms with Crippen LogP contribution in [-0.4, -0.2) is 50.4 Å². The van der Waals surface area contributed by atoms with Gasteiger partial charge in [-0.1, -0.05) is 11.6 Å². The van der Waals surface area contributed by atoms with Crippen molar-refractivity contribution in [3.63, 3.8) is 0 Å². The Kier molecular flexibility index (Phi) is 7.55. The second-order valence-corrected chi connectivity index (χ2v) is 4.86. The van der Waals surface area contributed by atoms with Crippen molar-refractivity contribution >= 4 is 24.0 Å². The molecule has 4 nitrogen and oxygen atoms in total. The Morgan fingerprint density at radius 2 is 2.30 bits per heavy atom. The Morgan fingerprint density at radius 3 is 3.00 bits per heavy atom. The fraction of sp³-hybridized carbons (Fsp3) is 0.538. The van der Waals surface area contributed by atoms with E-state index in [-0.39, 0.29) is 24.3 Å². The molecule has 0 saturated carbocycles. The van der Waals surface area contributed by atoms with Gasteiger partial charge < -0.3 is 15.2 Å². The zero-order chi connectivity index (χ0) is 13.7. The van der Waals surface area contributed by atoms with Crippen LogP contribution < -0.4 is 10.5 Å². The third-order valence-corrected chi connectivity index (χ3v) is 3.34. The number of nitrogens with two attached hydrogens (primary N) is 1. The van der Waals surface area contributed by atoms with Crippen molar-refractivity contribution in [2.75, 3.05) is 39.4 Å². The molecular formula is C13H19Cl2FN2O2. The van der Waals surface area contributed by atoms with Gasteiger partial charge in [-0.3, -0.25) is 4.90 Å². The Hall–Kier alpha value is -0.590. The summed E-state index contributed by atoms with van der Waals surface area (Å²) < 4.78 is 23.9. The molecule has 1 aromatic carbocycles. The second kappa shape index (κ2) is 8.64. The molecule has 0 bridgehead atoms. The quantitative estimate of drug-likeness (QED) is 0.899. The lowest BCUT2D eigenvalue weighted by molar-refractivity contribution is -0.0261. The van der Waals surface area contributed by atoms with Crippen molar-refractivity contribution < 1.29 is 13.9 Å². The number of hydrogen-bond donors (Lipinski definition) is 1. The van der Waals surface area contributed by atoms with Crippen molar-refractivity contribution in [3.05, 3.63) is 29.0 Å². The highest BCUT2D eigenvalue weighted by atomic mass is 35.5. The van der Waals surface area contributed by atoms with Gasteiger partial charge in [0, 0.05) is 26.2 Å². The number of rotatable bonds is 5. The van der Waals surface area contributed by atoms with Crippen LogP contribution in [0.2, 0.25) is 5.02 Å². The Balaban J connectivity index is 0.00000200. The largest absolute Gasteiger partial charge is 0.491 e. The third kappa shape index (κ3) is 5.07. The predicted molar refractivity (Wildman–Crippen MR) is 79.4 cm³/mol. The van der Waals surface area contributed by atoms with Crippen LogP contribution in [-0.2, 0) is 4.74 Å². The molecule has 1 aliphatic rings. The highest BCUT2D eigenvalue weighted by molar-refractivity contribution is 6.32. The fourth-order valence-corrected chi connectivity index (χ4v) is 2.22. The van der Waals surface area contributed by atoms with E-state index < -0.39 is 0 Å². The number of benzene rings is 1. The number of nitrogens with zero attached hydrogens (tertiary/aromatic N) is 1. The van der Waals surface area contributed by atoms with E-state index in [2.05, 4.69) is 4.90 Å². The van der Waals surface area contributed by atoms with Crippen LogP contribution in [0, 0.1) is 5.82 Å². The Bertz CT molecular complexity index is 423. The van der Waals surface area contributed by atoms with Gasteiger partial charge in [-0.25, -0.2) is 4.39 Å². The van der Waals surface area contributed by atoms with E-state index in [0.29, 0.717) is 30.5 Å². The molecule has 114 valence electrons. The molecule has 1 saturated heterocycles. The van der Waals surface area contributed by atoms with Crippen molar-refractivity contribution in [3.8, 4) is 5.75 Å². The van der Waals surface area contributed by atoms with E-state index in [0.717, 1.165) is 19.6 Å². The molecule has 7 heteroatoms. The zero-order valence-corrected chi connectivity index (χ0v) is 12.6. The van der Waals surface area contributed by atoms with E-state index in [1.165, 1.54) is 12.1 Å². The summed E-state index contributed by atoms with van der Waals surface area (Å²) in [5.74, 6) is 0.142. The normalized spacial score (nSPS) is 19.4. The van der Waals surface area contributed by atoms with Crippen LogP contribution in [0.5, 0.6) is 5.75 Å². The average Bonchev–Trinajstić information content (AvgIpc) is 2.41. The molecule has 0 aliphatic carbocycles. The van der Waals surface area contributed by atoms with Crippen LogP contribution in [0.4, 0.5) is 4.39 Å². The minimum absolute atomic E-state index is 0. The number of halogens is 3. The van der Waals surface area contributed by atoms with Crippen molar-refractivity contribution in [1.29, 1.82) is 0 Å². The topological polar surface area (TPSA) is 47.7 Å². The molecule has 0 amide bonds. The molecule has 0 aromatic heterocycles. The Morgan fingerprint density at radius 1 is 1.50 bits per heavy atom. The van der Waals surface area contributed by atoms with Crippen LogP contribution in [0.25, 0.3) is 0 Å². The van der Waals surface area contributed by atoms with Crippen LogP contribution in [0.15, 0.2) is 18.2 Å². The molecule has 2 N–H and O–H groups in total. The van der Waals surface area contributed by atoms with Gasteiger partial charge in [0.15, 0.2) is 0 Å². The minimum atomic E-state index is -0.365. The van der Waals surface area contributed by atoms with E-state index in [4.69, 9.17) is 26.8 Å². The smallest absolute Gasteiger partial charge is 0.138 e. The van der Waals surface area contributed by atoms with Gasteiger partial charge in [0.2, 0.25) is 0 Å². The average molecular weight is 325 g/mol.